The number of rotatable bonds is 30. The first kappa shape index (κ1) is 75.4. The third-order valence-corrected chi connectivity index (χ3v) is 19.5. The normalized spacial score (nSPS) is 16.7. The Bertz CT molecular complexity index is 5320. The lowest BCUT2D eigenvalue weighted by molar-refractivity contribution is -0.351. The van der Waals surface area contributed by atoms with Gasteiger partial charge in [-0.3, -0.25) is 0 Å². The Kier molecular flexibility index (Phi) is 24.0. The summed E-state index contributed by atoms with van der Waals surface area (Å²) >= 11 is 0. The zero-order valence-corrected chi connectivity index (χ0v) is 62.6. The molecule has 4 unspecified atom stereocenters. The Hall–Kier alpha value is -13.7. The molecule has 0 spiro atoms. The second-order valence-corrected chi connectivity index (χ2v) is 27.5. The first-order chi connectivity index (χ1) is 56.7. The van der Waals surface area contributed by atoms with E-state index in [1.54, 1.807) is 0 Å². The number of hydrogen-bond acceptors (Lipinski definition) is 18. The van der Waals surface area contributed by atoms with Gasteiger partial charge < -0.3 is 71.1 Å². The van der Waals surface area contributed by atoms with E-state index >= 15 is 14.4 Å². The van der Waals surface area contributed by atoms with E-state index in [1.165, 1.54) is 24.3 Å². The van der Waals surface area contributed by atoms with E-state index in [0.29, 0.717) is 11.1 Å². The molecule has 0 radical (unpaired) electrons. The molecule has 3 aliphatic heterocycles. The fourth-order valence-corrected chi connectivity index (χ4v) is 13.7. The van der Waals surface area contributed by atoms with Gasteiger partial charge in [0.1, 0.15) is 71.7 Å². The fourth-order valence-electron chi connectivity index (χ4n) is 13.7. The number of esters is 3. The smallest absolute Gasteiger partial charge is 0.340 e. The van der Waals surface area contributed by atoms with Gasteiger partial charge in [-0.2, -0.15) is 0 Å². The summed E-state index contributed by atoms with van der Waals surface area (Å²) in [4.78, 5) is 50.1. The summed E-state index contributed by atoms with van der Waals surface area (Å²) in [5.74, 6) is -2.67. The third-order valence-electron chi connectivity index (χ3n) is 19.5. The van der Waals surface area contributed by atoms with Crippen LogP contribution >= 0.6 is 0 Å². The highest BCUT2D eigenvalue weighted by Gasteiger charge is 2.56. The Labute approximate surface area is 665 Å². The molecule has 18 heteroatoms. The average Bonchev–Trinajstić information content (AvgIpc) is 0.727. The second kappa shape index (κ2) is 36.7. The molecule has 13 aromatic rings. The minimum Gasteiger partial charge on any atom is -0.485 e. The van der Waals surface area contributed by atoms with Crippen molar-refractivity contribution in [1.29, 1.82) is 0 Å². The minimum atomic E-state index is -1.92. The largest absolute Gasteiger partial charge is 0.485 e. The van der Waals surface area contributed by atoms with Crippen molar-refractivity contribution in [3.63, 3.8) is 0 Å². The van der Waals surface area contributed by atoms with E-state index in [2.05, 4.69) is 0 Å². The zero-order valence-electron chi connectivity index (χ0n) is 62.6. The fraction of sp³-hybridized carbons (Fsp3) is 0.165. The van der Waals surface area contributed by atoms with Crippen molar-refractivity contribution in [2.24, 2.45) is 0 Å². The molecule has 115 heavy (non-hydrogen) atoms. The zero-order chi connectivity index (χ0) is 77.9. The Morgan fingerprint density at radius 1 is 0.296 bits per heavy atom. The van der Waals surface area contributed by atoms with E-state index in [1.807, 2.05) is 303 Å². The monoisotopic (exact) mass is 1530 g/mol. The van der Waals surface area contributed by atoms with Crippen molar-refractivity contribution in [1.82, 2.24) is 0 Å². The van der Waals surface area contributed by atoms with Crippen LogP contribution in [0.5, 0.6) is 51.7 Å². The van der Waals surface area contributed by atoms with E-state index in [9.17, 15) is 0 Å². The topological polar surface area (TPSA) is 190 Å². The molecule has 6 atom stereocenters. The number of hydrogen-bond donors (Lipinski definition) is 0. The van der Waals surface area contributed by atoms with Gasteiger partial charge in [-0.05, 0) is 74.3 Å². The van der Waals surface area contributed by atoms with Gasteiger partial charge in [0.2, 0.25) is 29.6 Å². The van der Waals surface area contributed by atoms with E-state index in [0.717, 1.165) is 44.5 Å². The second-order valence-electron chi connectivity index (χ2n) is 27.5. The van der Waals surface area contributed by atoms with Crippen LogP contribution in [0.4, 0.5) is 0 Å². The molecule has 2 fully saturated rings. The number of carbonyl (C=O) groups excluding carboxylic acids is 3. The number of ether oxygens (including phenoxy) is 15. The predicted molar refractivity (Wildman–Crippen MR) is 428 cm³/mol. The van der Waals surface area contributed by atoms with Crippen molar-refractivity contribution < 1.29 is 85.4 Å². The summed E-state index contributed by atoms with van der Waals surface area (Å²) in [7, 11) is 0. The van der Waals surface area contributed by atoms with Crippen LogP contribution in [0.2, 0.25) is 0 Å². The predicted octanol–water partition coefficient (Wildman–Crippen LogP) is 19.3. The lowest BCUT2D eigenvalue weighted by atomic mass is 9.90. The van der Waals surface area contributed by atoms with Crippen molar-refractivity contribution in [3.05, 3.63) is 400 Å². The van der Waals surface area contributed by atoms with Gasteiger partial charge in [0, 0.05) is 16.7 Å². The van der Waals surface area contributed by atoms with Crippen LogP contribution < -0.4 is 42.6 Å². The van der Waals surface area contributed by atoms with Crippen molar-refractivity contribution in [3.8, 4) is 62.9 Å². The highest BCUT2D eigenvalue weighted by molar-refractivity contribution is 6.09. The van der Waals surface area contributed by atoms with Crippen LogP contribution in [0.15, 0.2) is 328 Å². The highest BCUT2D eigenvalue weighted by Crippen LogP contribution is 2.57. The summed E-state index contributed by atoms with van der Waals surface area (Å²) in [6.07, 6.45) is -9.10. The van der Waals surface area contributed by atoms with Crippen molar-refractivity contribution in [2.75, 3.05) is 6.61 Å². The molecular weight excluding hydrogens is 1450 g/mol. The molecule has 3 aliphatic rings. The summed E-state index contributed by atoms with van der Waals surface area (Å²) in [6.45, 7) is -0.425. The maximum atomic E-state index is 17.1. The van der Waals surface area contributed by atoms with Gasteiger partial charge in [-0.25, -0.2) is 14.4 Å². The van der Waals surface area contributed by atoms with Crippen molar-refractivity contribution >= 4 is 17.9 Å². The summed E-state index contributed by atoms with van der Waals surface area (Å²) in [6, 6.07) is 101. The van der Waals surface area contributed by atoms with Gasteiger partial charge in [-0.15, -0.1) is 0 Å². The lowest BCUT2D eigenvalue weighted by Crippen LogP contribution is -2.64. The quantitative estimate of drug-likeness (QED) is 0.0305. The first-order valence-electron chi connectivity index (χ1n) is 38.0. The maximum absolute atomic E-state index is 17.1. The van der Waals surface area contributed by atoms with Gasteiger partial charge in [-0.1, -0.05) is 303 Å². The van der Waals surface area contributed by atoms with E-state index in [-0.39, 0.29) is 146 Å². The SMILES string of the molecule is O=C(O[C@@H]1OC2COC(c3ccccc3)O[C@H]2C2OC(=O)c3cc(OCc4ccccc4)c(OCc4ccccc4)c(OCc4ccccc4)c3-c3c(cc(OCc4ccccc4)c(OCc4ccccc4)c3OCc3ccccc3)C(=O)OC21)c1cc(OCc2ccccc2)c(OCc2ccccc2)c(OCc2ccccc2)c1. The molecule has 0 amide bonds. The van der Waals surface area contributed by atoms with Gasteiger partial charge in [0.15, 0.2) is 46.9 Å². The summed E-state index contributed by atoms with van der Waals surface area (Å²) in [5, 5.41) is 0. The van der Waals surface area contributed by atoms with Crippen LogP contribution in [-0.2, 0) is 87.9 Å². The average molecular weight is 1530 g/mol. The van der Waals surface area contributed by atoms with Crippen molar-refractivity contribution in [2.45, 2.75) is 96.5 Å². The molecule has 0 bridgehead atoms. The molecular formula is C97H80O18. The highest BCUT2D eigenvalue weighted by atomic mass is 16.8. The first-order valence-corrected chi connectivity index (χ1v) is 38.0. The molecule has 18 nitrogen and oxygen atoms in total. The maximum Gasteiger partial charge on any atom is 0.340 e. The van der Waals surface area contributed by atoms with Gasteiger partial charge >= 0.3 is 17.9 Å². The van der Waals surface area contributed by atoms with Crippen LogP contribution in [0.3, 0.4) is 0 Å². The Morgan fingerprint density at radius 2 is 0.574 bits per heavy atom. The lowest BCUT2D eigenvalue weighted by Gasteiger charge is -2.48. The molecule has 0 N–H and O–H groups in total. The number of fused-ring (bicyclic) bond motifs is 6. The molecule has 0 aliphatic carbocycles. The summed E-state index contributed by atoms with van der Waals surface area (Å²) in [5.41, 5.74) is 6.92. The summed E-state index contributed by atoms with van der Waals surface area (Å²) < 4.78 is 104. The van der Waals surface area contributed by atoms with Gasteiger partial charge in [0.05, 0.1) is 23.3 Å². The standard InChI is InChI=1S/C97H80O18/c98-93(75-51-78(101-55-65-31-11-1-12-32-65)85(105-59-69-39-19-5-20-40-69)79(52-75)102-56-66-33-13-2-14-34-66)115-97-92-91(88-82(111-97)64-110-96(114-88)74-49-29-10-30-50-74)112-94(99)76-53-80(103-57-67-35-15-3-16-36-67)86(106-60-70-41-21-6-22-42-70)89(108-62-72-45-25-8-26-46-72)83(76)84-77(95(100)113-92)54-81(104-58-68-37-17-4-18-38-68)87(107-61-71-43-23-7-24-44-71)90(84)109-63-73-47-27-9-28-48-73/h1-54,82,88,91-92,96-97H,55-64H2/t82?,88-,91?,92?,96?,97+/m1/s1. The van der Waals surface area contributed by atoms with Gasteiger partial charge in [0.25, 0.3) is 0 Å². The third kappa shape index (κ3) is 18.6. The molecule has 576 valence electrons. The molecule has 0 aromatic heterocycles. The Morgan fingerprint density at radius 3 is 0.904 bits per heavy atom. The molecule has 13 aromatic carbocycles. The van der Waals surface area contributed by atoms with E-state index < -0.39 is 54.9 Å². The molecule has 2 saturated heterocycles. The van der Waals surface area contributed by atoms with Crippen LogP contribution in [0.25, 0.3) is 11.1 Å². The molecule has 16 rings (SSSR count). The van der Waals surface area contributed by atoms with Crippen LogP contribution in [0.1, 0.15) is 93.0 Å². The van der Waals surface area contributed by atoms with Crippen LogP contribution in [-0.4, -0.2) is 55.2 Å². The number of carbonyl (C=O) groups is 3. The molecule has 0 saturated carbocycles. The molecule has 3 heterocycles. The Balaban J connectivity index is 0.908. The van der Waals surface area contributed by atoms with E-state index in [4.69, 9.17) is 71.1 Å². The minimum absolute atomic E-state index is 0.0237. The number of benzene rings is 13. The van der Waals surface area contributed by atoms with Crippen LogP contribution in [0, 0.1) is 0 Å².